The number of hydrogen-bond donors (Lipinski definition) is 4. The summed E-state index contributed by atoms with van der Waals surface area (Å²) in [5.74, 6) is -0.735. The van der Waals surface area contributed by atoms with Gasteiger partial charge in [0, 0.05) is 13.2 Å². The molecule has 5 heteroatoms. The van der Waals surface area contributed by atoms with Crippen molar-refractivity contribution in [3.8, 4) is 0 Å². The van der Waals surface area contributed by atoms with E-state index in [1.807, 2.05) is 0 Å². The predicted molar refractivity (Wildman–Crippen MR) is 39.8 cm³/mol. The molecule has 0 saturated heterocycles. The van der Waals surface area contributed by atoms with Crippen molar-refractivity contribution in [1.29, 1.82) is 0 Å². The molecule has 5 nitrogen and oxygen atoms in total. The second kappa shape index (κ2) is 6.09. The number of carbonyl (C=O) groups excluding carboxylic acids is 1. The van der Waals surface area contributed by atoms with Crippen molar-refractivity contribution >= 4 is 5.91 Å². The van der Waals surface area contributed by atoms with E-state index >= 15 is 0 Å². The number of aliphatic hydroxyl groups is 2. The minimum atomic E-state index is -1.13. The molecule has 1 atom stereocenters. The van der Waals surface area contributed by atoms with Gasteiger partial charge in [0.2, 0.25) is 5.91 Å². The van der Waals surface area contributed by atoms with Crippen LogP contribution >= 0.6 is 0 Å². The van der Waals surface area contributed by atoms with Gasteiger partial charge in [0.05, 0.1) is 0 Å². The van der Waals surface area contributed by atoms with E-state index < -0.39 is 12.0 Å². The van der Waals surface area contributed by atoms with Gasteiger partial charge in [-0.3, -0.25) is 4.79 Å². The Morgan fingerprint density at radius 3 is 2.73 bits per heavy atom. The van der Waals surface area contributed by atoms with Crippen molar-refractivity contribution in [3.63, 3.8) is 0 Å². The van der Waals surface area contributed by atoms with Gasteiger partial charge in [-0.15, -0.1) is 0 Å². The molecule has 0 saturated carbocycles. The van der Waals surface area contributed by atoms with Gasteiger partial charge >= 0.3 is 0 Å². The third-order valence-electron chi connectivity index (χ3n) is 1.18. The van der Waals surface area contributed by atoms with E-state index in [9.17, 15) is 4.79 Å². The van der Waals surface area contributed by atoms with Crippen LogP contribution in [0.3, 0.4) is 0 Å². The molecule has 0 aromatic heterocycles. The quantitative estimate of drug-likeness (QED) is 0.333. The van der Waals surface area contributed by atoms with Gasteiger partial charge in [-0.05, 0) is 13.0 Å². The largest absolute Gasteiger partial charge is 0.396 e. The summed E-state index contributed by atoms with van der Waals surface area (Å²) in [6.07, 6.45) is -0.528. The van der Waals surface area contributed by atoms with Crippen LogP contribution in [0.2, 0.25) is 0 Å². The van der Waals surface area contributed by atoms with Crippen molar-refractivity contribution in [1.82, 2.24) is 5.32 Å². The molecule has 0 aromatic carbocycles. The maximum absolute atomic E-state index is 10.2. The number of carbonyl (C=O) groups is 1. The summed E-state index contributed by atoms with van der Waals surface area (Å²) in [5, 5.41) is 19.9. The molecule has 0 heterocycles. The van der Waals surface area contributed by atoms with Crippen LogP contribution in [-0.2, 0) is 4.79 Å². The molecule has 0 aliphatic carbocycles. The van der Waals surface area contributed by atoms with Crippen molar-refractivity contribution in [3.05, 3.63) is 0 Å². The fourth-order valence-electron chi connectivity index (χ4n) is 0.543. The Kier molecular flexibility index (Phi) is 5.73. The van der Waals surface area contributed by atoms with Crippen LogP contribution in [0, 0.1) is 0 Å². The van der Waals surface area contributed by atoms with Gasteiger partial charge in [-0.1, -0.05) is 0 Å². The number of amides is 1. The van der Waals surface area contributed by atoms with Gasteiger partial charge in [0.15, 0.2) is 0 Å². The van der Waals surface area contributed by atoms with E-state index in [2.05, 4.69) is 5.32 Å². The van der Waals surface area contributed by atoms with E-state index in [0.29, 0.717) is 13.0 Å². The maximum atomic E-state index is 10.2. The Bertz CT molecular complexity index is 118. The fraction of sp³-hybridized carbons (Fsp3) is 0.833. The minimum absolute atomic E-state index is 0.0969. The Balaban J connectivity index is 3.17. The van der Waals surface area contributed by atoms with E-state index in [1.165, 1.54) is 0 Å². The minimum Gasteiger partial charge on any atom is -0.396 e. The highest BCUT2D eigenvalue weighted by atomic mass is 16.3. The second-order valence-electron chi connectivity index (χ2n) is 2.20. The first-order valence-electron chi connectivity index (χ1n) is 3.47. The van der Waals surface area contributed by atoms with Crippen molar-refractivity contribution in [2.45, 2.75) is 12.5 Å². The smallest absolute Gasteiger partial charge is 0.247 e. The molecular weight excluding hydrogens is 148 g/mol. The van der Waals surface area contributed by atoms with Crippen LogP contribution in [0.15, 0.2) is 0 Å². The average Bonchev–Trinajstić information content (AvgIpc) is 1.97. The van der Waals surface area contributed by atoms with Crippen LogP contribution in [0.5, 0.6) is 0 Å². The molecule has 0 spiro atoms. The Morgan fingerprint density at radius 1 is 1.64 bits per heavy atom. The normalized spacial score (nSPS) is 12.9. The molecule has 1 unspecified atom stereocenters. The molecule has 0 aliphatic heterocycles. The SMILES string of the molecule is NC(=O)C(O)CNCCCO. The predicted octanol–water partition coefficient (Wildman–Crippen LogP) is -2.20. The van der Waals surface area contributed by atoms with Gasteiger partial charge in [-0.25, -0.2) is 0 Å². The zero-order valence-corrected chi connectivity index (χ0v) is 6.29. The van der Waals surface area contributed by atoms with Crippen LogP contribution in [0.25, 0.3) is 0 Å². The molecule has 1 amide bonds. The van der Waals surface area contributed by atoms with Crippen molar-refractivity contribution < 1.29 is 15.0 Å². The highest BCUT2D eigenvalue weighted by Gasteiger charge is 2.08. The van der Waals surface area contributed by atoms with E-state index in [1.54, 1.807) is 0 Å². The lowest BCUT2D eigenvalue weighted by atomic mass is 10.3. The van der Waals surface area contributed by atoms with E-state index in [4.69, 9.17) is 15.9 Å². The Labute approximate surface area is 65.2 Å². The first-order valence-corrected chi connectivity index (χ1v) is 3.47. The number of aliphatic hydroxyl groups excluding tert-OH is 2. The zero-order chi connectivity index (χ0) is 8.69. The molecule has 0 fully saturated rings. The molecule has 0 aromatic rings. The molecular formula is C6H14N2O3. The lowest BCUT2D eigenvalue weighted by Crippen LogP contribution is -2.38. The van der Waals surface area contributed by atoms with E-state index in [-0.39, 0.29) is 13.2 Å². The molecule has 5 N–H and O–H groups in total. The van der Waals surface area contributed by atoms with Gasteiger partial charge in [-0.2, -0.15) is 0 Å². The molecule has 0 bridgehead atoms. The summed E-state index contributed by atoms with van der Waals surface area (Å²) in [4.78, 5) is 10.2. The zero-order valence-electron chi connectivity index (χ0n) is 6.29. The highest BCUT2D eigenvalue weighted by Crippen LogP contribution is 1.78. The number of nitrogens with one attached hydrogen (secondary N) is 1. The molecule has 0 aliphatic rings. The monoisotopic (exact) mass is 162 g/mol. The molecule has 0 rings (SSSR count). The maximum Gasteiger partial charge on any atom is 0.247 e. The number of nitrogens with two attached hydrogens (primary N) is 1. The summed E-state index contributed by atoms with van der Waals surface area (Å²) in [5.41, 5.74) is 4.77. The fourth-order valence-corrected chi connectivity index (χ4v) is 0.543. The highest BCUT2D eigenvalue weighted by molar-refractivity contribution is 5.78. The van der Waals surface area contributed by atoms with Gasteiger partial charge in [0.25, 0.3) is 0 Å². The molecule has 11 heavy (non-hydrogen) atoms. The average molecular weight is 162 g/mol. The summed E-state index contributed by atoms with van der Waals surface area (Å²) in [6, 6.07) is 0. The third-order valence-corrected chi connectivity index (χ3v) is 1.18. The Hall–Kier alpha value is -0.650. The topological polar surface area (TPSA) is 95.6 Å². The lowest BCUT2D eigenvalue weighted by Gasteiger charge is -2.06. The first-order chi connectivity index (χ1) is 5.18. The summed E-state index contributed by atoms with van der Waals surface area (Å²) in [7, 11) is 0. The van der Waals surface area contributed by atoms with Crippen LogP contribution in [0.1, 0.15) is 6.42 Å². The van der Waals surface area contributed by atoms with Gasteiger partial charge in [0.1, 0.15) is 6.10 Å². The molecule has 0 radical (unpaired) electrons. The number of primary amides is 1. The lowest BCUT2D eigenvalue weighted by molar-refractivity contribution is -0.125. The first kappa shape index (κ1) is 10.3. The van der Waals surface area contributed by atoms with E-state index in [0.717, 1.165) is 0 Å². The number of rotatable bonds is 6. The summed E-state index contributed by atoms with van der Waals surface area (Å²) >= 11 is 0. The van der Waals surface area contributed by atoms with Crippen LogP contribution in [0.4, 0.5) is 0 Å². The van der Waals surface area contributed by atoms with Crippen LogP contribution < -0.4 is 11.1 Å². The second-order valence-corrected chi connectivity index (χ2v) is 2.20. The van der Waals surface area contributed by atoms with Crippen LogP contribution in [-0.4, -0.2) is 41.9 Å². The van der Waals surface area contributed by atoms with Gasteiger partial charge < -0.3 is 21.3 Å². The summed E-state index contributed by atoms with van der Waals surface area (Å²) < 4.78 is 0. The van der Waals surface area contributed by atoms with Crippen molar-refractivity contribution in [2.75, 3.05) is 19.7 Å². The van der Waals surface area contributed by atoms with Crippen molar-refractivity contribution in [2.24, 2.45) is 5.73 Å². The molecule has 66 valence electrons. The standard InChI is InChI=1S/C6H14N2O3/c7-6(11)5(10)4-8-2-1-3-9/h5,8-10H,1-4H2,(H2,7,11). The summed E-state index contributed by atoms with van der Waals surface area (Å²) in [6.45, 7) is 0.815. The third kappa shape index (κ3) is 5.78. The Morgan fingerprint density at radius 2 is 2.27 bits per heavy atom. The number of hydrogen-bond acceptors (Lipinski definition) is 4.